The molecule has 0 saturated carbocycles. The highest BCUT2D eigenvalue weighted by Crippen LogP contribution is 2.02. The van der Waals surface area contributed by atoms with Crippen molar-refractivity contribution in [3.05, 3.63) is 35.9 Å². The molecule has 0 spiro atoms. The summed E-state index contributed by atoms with van der Waals surface area (Å²) in [5.41, 5.74) is 10.3. The Balaban J connectivity index is 0.000000922. The average Bonchev–Trinajstić information content (AvgIpc) is 2.52. The van der Waals surface area contributed by atoms with Gasteiger partial charge in [0.15, 0.2) is 0 Å². The molecule has 7 N–H and O–H groups in total. The van der Waals surface area contributed by atoms with Gasteiger partial charge in [0.1, 0.15) is 6.04 Å². The molecule has 1 aromatic carbocycles. The van der Waals surface area contributed by atoms with E-state index in [9.17, 15) is 19.2 Å². The number of benzene rings is 1. The van der Waals surface area contributed by atoms with Crippen LogP contribution in [-0.4, -0.2) is 46.6 Å². The lowest BCUT2D eigenvalue weighted by Gasteiger charge is -2.13. The third-order valence-electron chi connectivity index (χ3n) is 2.69. The first kappa shape index (κ1) is 21.1. The first-order valence-electron chi connectivity index (χ1n) is 7.02. The second kappa shape index (κ2) is 11.6. The lowest BCUT2D eigenvalue weighted by molar-refractivity contribution is -0.142. The predicted molar refractivity (Wildman–Crippen MR) is 84.8 cm³/mol. The molecule has 1 rings (SSSR count). The van der Waals surface area contributed by atoms with Crippen molar-refractivity contribution >= 4 is 23.8 Å². The molecule has 9 nitrogen and oxygen atoms in total. The maximum absolute atomic E-state index is 11.7. The van der Waals surface area contributed by atoms with E-state index in [1.54, 1.807) is 24.3 Å². The maximum atomic E-state index is 11.7. The molecule has 0 aromatic heterocycles. The van der Waals surface area contributed by atoms with Gasteiger partial charge in [0.25, 0.3) is 0 Å². The van der Waals surface area contributed by atoms with Gasteiger partial charge in [0, 0.05) is 6.42 Å². The van der Waals surface area contributed by atoms with Gasteiger partial charge >= 0.3 is 11.9 Å². The summed E-state index contributed by atoms with van der Waals surface area (Å²) < 4.78 is 0. The molecule has 9 heteroatoms. The Morgan fingerprint density at radius 2 is 1.62 bits per heavy atom. The number of carboxylic acid groups (broad SMARTS) is 2. The summed E-state index contributed by atoms with van der Waals surface area (Å²) in [5, 5.41) is 18.9. The molecule has 0 radical (unpaired) electrons. The fraction of sp³-hybridized carbons (Fsp3) is 0.333. The van der Waals surface area contributed by atoms with Crippen molar-refractivity contribution < 1.29 is 29.4 Å². The fourth-order valence-corrected chi connectivity index (χ4v) is 1.57. The van der Waals surface area contributed by atoms with E-state index < -0.39 is 29.8 Å². The molecule has 0 aliphatic carbocycles. The van der Waals surface area contributed by atoms with Crippen molar-refractivity contribution in [2.75, 3.05) is 6.54 Å². The lowest BCUT2D eigenvalue weighted by Crippen LogP contribution is -2.42. The molecule has 132 valence electrons. The number of carboxylic acids is 2. The van der Waals surface area contributed by atoms with E-state index in [0.717, 1.165) is 5.56 Å². The van der Waals surface area contributed by atoms with Crippen LogP contribution in [0.25, 0.3) is 0 Å². The Morgan fingerprint density at radius 3 is 2.04 bits per heavy atom. The normalized spacial score (nSPS) is 10.7. The molecule has 0 heterocycles. The molecule has 0 saturated heterocycles. The van der Waals surface area contributed by atoms with E-state index in [0.29, 0.717) is 0 Å². The highest BCUT2D eigenvalue weighted by molar-refractivity contribution is 5.85. The Kier molecular flexibility index (Phi) is 10.2. The van der Waals surface area contributed by atoms with Crippen LogP contribution in [0.5, 0.6) is 0 Å². The van der Waals surface area contributed by atoms with Crippen molar-refractivity contribution in [3.63, 3.8) is 0 Å². The smallest absolute Gasteiger partial charge is 0.326 e. The van der Waals surface area contributed by atoms with Gasteiger partial charge in [-0.15, -0.1) is 0 Å². The number of rotatable bonds is 8. The van der Waals surface area contributed by atoms with Crippen LogP contribution in [0.4, 0.5) is 0 Å². The van der Waals surface area contributed by atoms with Crippen LogP contribution in [0.3, 0.4) is 0 Å². The molecule has 0 fully saturated rings. The Morgan fingerprint density at radius 1 is 1.08 bits per heavy atom. The van der Waals surface area contributed by atoms with Crippen LogP contribution in [0, 0.1) is 0 Å². The molecule has 0 bridgehead atoms. The number of primary amides is 1. The summed E-state index contributed by atoms with van der Waals surface area (Å²) in [6.45, 7) is -0.278. The van der Waals surface area contributed by atoms with Gasteiger partial charge in [-0.25, -0.2) is 4.79 Å². The first-order valence-corrected chi connectivity index (χ1v) is 7.02. The number of hydrogen-bond donors (Lipinski definition) is 5. The summed E-state index contributed by atoms with van der Waals surface area (Å²) in [7, 11) is 0. The highest BCUT2D eigenvalue weighted by atomic mass is 16.4. The van der Waals surface area contributed by atoms with Crippen LogP contribution in [0.2, 0.25) is 0 Å². The van der Waals surface area contributed by atoms with Gasteiger partial charge in [-0.05, 0) is 12.0 Å². The minimum atomic E-state index is -1.18. The third-order valence-corrected chi connectivity index (χ3v) is 2.69. The largest absolute Gasteiger partial charge is 0.480 e. The van der Waals surface area contributed by atoms with Crippen molar-refractivity contribution in [1.82, 2.24) is 5.32 Å². The molecule has 24 heavy (non-hydrogen) atoms. The minimum Gasteiger partial charge on any atom is -0.480 e. The fourth-order valence-electron chi connectivity index (χ4n) is 1.57. The van der Waals surface area contributed by atoms with Gasteiger partial charge < -0.3 is 27.0 Å². The van der Waals surface area contributed by atoms with Gasteiger partial charge in [-0.3, -0.25) is 14.4 Å². The average molecular weight is 339 g/mol. The van der Waals surface area contributed by atoms with E-state index in [2.05, 4.69) is 11.1 Å². The predicted octanol–water partition coefficient (Wildman–Crippen LogP) is -0.906. The zero-order valence-corrected chi connectivity index (χ0v) is 13.0. The minimum absolute atomic E-state index is 0.00873. The van der Waals surface area contributed by atoms with Crippen LogP contribution in [0.1, 0.15) is 18.4 Å². The van der Waals surface area contributed by atoms with E-state index in [-0.39, 0.29) is 25.8 Å². The standard InChI is InChI=1S/C13H16N2O4.C2H5NO2/c14-11(16)7-6-10(13(18)19)15-12(17)8-9-4-2-1-3-5-9;3-1-2(4)5/h1-5,10H,6-8H2,(H2,14,16)(H,15,17)(H,18,19);1,3H2,(H,4,5). The number of carbonyl (C=O) groups excluding carboxylic acids is 2. The molecule has 1 atom stereocenters. The maximum Gasteiger partial charge on any atom is 0.326 e. The highest BCUT2D eigenvalue weighted by Gasteiger charge is 2.20. The Bertz CT molecular complexity index is 562. The Labute approximate surface area is 138 Å². The topological polar surface area (TPSA) is 173 Å². The number of nitrogens with two attached hydrogens (primary N) is 2. The molecule has 2 amide bonds. The summed E-state index contributed by atoms with van der Waals surface area (Å²) in [4.78, 5) is 42.5. The molecular formula is C15H21N3O6. The van der Waals surface area contributed by atoms with Crippen LogP contribution >= 0.6 is 0 Å². The quantitative estimate of drug-likeness (QED) is 0.408. The monoisotopic (exact) mass is 339 g/mol. The summed E-state index contributed by atoms with van der Waals surface area (Å²) in [5.74, 6) is -3.14. The van der Waals surface area contributed by atoms with Crippen LogP contribution < -0.4 is 16.8 Å². The van der Waals surface area contributed by atoms with Crippen molar-refractivity contribution in [1.29, 1.82) is 0 Å². The van der Waals surface area contributed by atoms with Crippen LogP contribution in [-0.2, 0) is 25.6 Å². The first-order chi connectivity index (χ1) is 11.3. The Hall–Kier alpha value is -2.94. The van der Waals surface area contributed by atoms with Crippen molar-refractivity contribution in [3.8, 4) is 0 Å². The van der Waals surface area contributed by atoms with Crippen molar-refractivity contribution in [2.24, 2.45) is 11.5 Å². The number of hydrogen-bond acceptors (Lipinski definition) is 5. The van der Waals surface area contributed by atoms with Gasteiger partial charge in [0.2, 0.25) is 11.8 Å². The summed E-state index contributed by atoms with van der Waals surface area (Å²) in [6, 6.07) is 7.88. The SMILES string of the molecule is NC(=O)CCC(NC(=O)Cc1ccccc1)C(=O)O.NCC(=O)O. The summed E-state index contributed by atoms with van der Waals surface area (Å²) >= 11 is 0. The lowest BCUT2D eigenvalue weighted by atomic mass is 10.1. The molecular weight excluding hydrogens is 318 g/mol. The van der Waals surface area contributed by atoms with E-state index >= 15 is 0 Å². The number of aliphatic carboxylic acids is 2. The zero-order valence-electron chi connectivity index (χ0n) is 13.0. The number of carbonyl (C=O) groups is 4. The van der Waals surface area contributed by atoms with E-state index in [1.165, 1.54) is 0 Å². The third kappa shape index (κ3) is 10.7. The summed E-state index contributed by atoms with van der Waals surface area (Å²) in [6.07, 6.45) is 0.00890. The molecule has 1 unspecified atom stereocenters. The van der Waals surface area contributed by atoms with E-state index in [1.807, 2.05) is 6.07 Å². The van der Waals surface area contributed by atoms with Gasteiger partial charge in [-0.2, -0.15) is 0 Å². The van der Waals surface area contributed by atoms with Crippen molar-refractivity contribution in [2.45, 2.75) is 25.3 Å². The van der Waals surface area contributed by atoms with Gasteiger partial charge in [-0.1, -0.05) is 30.3 Å². The number of amides is 2. The van der Waals surface area contributed by atoms with E-state index in [4.69, 9.17) is 15.9 Å². The molecule has 0 aliphatic heterocycles. The number of nitrogens with one attached hydrogen (secondary N) is 1. The zero-order chi connectivity index (χ0) is 18.5. The molecule has 1 aromatic rings. The second-order valence-electron chi connectivity index (χ2n) is 4.72. The van der Waals surface area contributed by atoms with Crippen LogP contribution in [0.15, 0.2) is 30.3 Å². The van der Waals surface area contributed by atoms with Gasteiger partial charge in [0.05, 0.1) is 13.0 Å². The molecule has 0 aliphatic rings. The second-order valence-corrected chi connectivity index (χ2v) is 4.72.